The molecular formula is C16H25NO2. The zero-order valence-electron chi connectivity index (χ0n) is 12.4. The lowest BCUT2D eigenvalue weighted by atomic mass is 9.88. The number of carbonyl (C=O) groups is 1. The van der Waals surface area contributed by atoms with Crippen molar-refractivity contribution in [1.82, 2.24) is 4.90 Å². The Hall–Kier alpha value is -1.35. The van der Waals surface area contributed by atoms with E-state index in [2.05, 4.69) is 43.1 Å². The molecule has 0 heterocycles. The molecule has 19 heavy (non-hydrogen) atoms. The average molecular weight is 263 g/mol. The molecule has 3 heteroatoms. The van der Waals surface area contributed by atoms with Crippen LogP contribution in [0.5, 0.6) is 0 Å². The number of nitrogens with zero attached hydrogens (tertiary/aromatic N) is 1. The normalized spacial score (nSPS) is 11.8. The Kier molecular flexibility index (Phi) is 5.55. The van der Waals surface area contributed by atoms with Crippen LogP contribution in [0.4, 0.5) is 0 Å². The summed E-state index contributed by atoms with van der Waals surface area (Å²) in [5.41, 5.74) is 1.96. The molecule has 0 amide bonds. The Balaban J connectivity index is 2.36. The van der Waals surface area contributed by atoms with Crippen molar-refractivity contribution in [3.8, 4) is 0 Å². The fourth-order valence-corrected chi connectivity index (χ4v) is 2.10. The minimum atomic E-state index is -0.714. The number of carboxylic acids is 1. The first-order valence-corrected chi connectivity index (χ1v) is 6.79. The lowest BCUT2D eigenvalue weighted by molar-refractivity contribution is -0.147. The van der Waals surface area contributed by atoms with Gasteiger partial charge in [-0.05, 0) is 52.8 Å². The lowest BCUT2D eigenvalue weighted by Gasteiger charge is -2.22. The summed E-state index contributed by atoms with van der Waals surface area (Å²) in [6, 6.07) is 8.49. The number of carboxylic acid groups (broad SMARTS) is 1. The highest BCUT2D eigenvalue weighted by Crippen LogP contribution is 2.22. The van der Waals surface area contributed by atoms with E-state index in [4.69, 9.17) is 5.11 Å². The van der Waals surface area contributed by atoms with Gasteiger partial charge in [0.25, 0.3) is 0 Å². The lowest BCUT2D eigenvalue weighted by Crippen LogP contribution is -2.26. The minimum Gasteiger partial charge on any atom is -0.481 e. The first-order valence-electron chi connectivity index (χ1n) is 6.79. The summed E-state index contributed by atoms with van der Waals surface area (Å²) in [4.78, 5) is 13.3. The highest BCUT2D eigenvalue weighted by Gasteiger charge is 2.26. The number of aryl methyl sites for hydroxylation is 1. The summed E-state index contributed by atoms with van der Waals surface area (Å²) in [6.45, 7) is 7.50. The maximum absolute atomic E-state index is 11.0. The van der Waals surface area contributed by atoms with Crippen LogP contribution >= 0.6 is 0 Å². The molecule has 3 nitrogen and oxygen atoms in total. The predicted octanol–water partition coefficient (Wildman–Crippen LogP) is 3.32. The first-order chi connectivity index (χ1) is 8.81. The van der Waals surface area contributed by atoms with Gasteiger partial charge < -0.3 is 10.0 Å². The molecule has 0 unspecified atom stereocenters. The van der Waals surface area contributed by atoms with Crippen molar-refractivity contribution < 1.29 is 9.90 Å². The van der Waals surface area contributed by atoms with Gasteiger partial charge in [0, 0.05) is 6.54 Å². The number of benzene rings is 1. The second-order valence-corrected chi connectivity index (χ2v) is 6.02. The van der Waals surface area contributed by atoms with Crippen LogP contribution in [-0.4, -0.2) is 29.6 Å². The minimum absolute atomic E-state index is 0.621. The molecular weight excluding hydrogens is 238 g/mol. The van der Waals surface area contributed by atoms with Gasteiger partial charge in [-0.15, -0.1) is 0 Å². The van der Waals surface area contributed by atoms with Crippen LogP contribution in [0.25, 0.3) is 0 Å². The SMILES string of the molecule is Cc1cccc(CN(C)CCCC(C)(C)C(=O)O)c1. The third kappa shape index (κ3) is 5.43. The highest BCUT2D eigenvalue weighted by atomic mass is 16.4. The second kappa shape index (κ2) is 6.71. The van der Waals surface area contributed by atoms with Crippen molar-refractivity contribution in [2.75, 3.05) is 13.6 Å². The van der Waals surface area contributed by atoms with E-state index in [1.165, 1.54) is 11.1 Å². The van der Waals surface area contributed by atoms with Crippen LogP contribution in [0.2, 0.25) is 0 Å². The summed E-state index contributed by atoms with van der Waals surface area (Å²) in [7, 11) is 2.08. The maximum atomic E-state index is 11.0. The van der Waals surface area contributed by atoms with Crippen molar-refractivity contribution in [1.29, 1.82) is 0 Å². The monoisotopic (exact) mass is 263 g/mol. The third-order valence-corrected chi connectivity index (χ3v) is 3.46. The van der Waals surface area contributed by atoms with Crippen LogP contribution in [0.3, 0.4) is 0 Å². The van der Waals surface area contributed by atoms with E-state index in [9.17, 15) is 4.79 Å². The summed E-state index contributed by atoms with van der Waals surface area (Å²) >= 11 is 0. The maximum Gasteiger partial charge on any atom is 0.309 e. The topological polar surface area (TPSA) is 40.5 Å². The van der Waals surface area contributed by atoms with Gasteiger partial charge in [-0.25, -0.2) is 0 Å². The predicted molar refractivity (Wildman–Crippen MR) is 78.2 cm³/mol. The van der Waals surface area contributed by atoms with Gasteiger partial charge >= 0.3 is 5.97 Å². The molecule has 1 aromatic rings. The van der Waals surface area contributed by atoms with E-state index >= 15 is 0 Å². The Labute approximate surface area is 116 Å². The summed E-state index contributed by atoms with van der Waals surface area (Å²) in [6.07, 6.45) is 1.61. The summed E-state index contributed by atoms with van der Waals surface area (Å²) in [5.74, 6) is -0.714. The molecule has 0 saturated carbocycles. The van der Waals surface area contributed by atoms with Gasteiger partial charge in [0.15, 0.2) is 0 Å². The molecule has 0 aliphatic carbocycles. The summed E-state index contributed by atoms with van der Waals surface area (Å²) in [5, 5.41) is 9.06. The zero-order valence-corrected chi connectivity index (χ0v) is 12.4. The molecule has 0 bridgehead atoms. The van der Waals surface area contributed by atoms with Crippen molar-refractivity contribution in [2.45, 2.75) is 40.2 Å². The molecule has 0 aliphatic rings. The molecule has 1 rings (SSSR count). The molecule has 106 valence electrons. The van der Waals surface area contributed by atoms with Gasteiger partial charge in [0.05, 0.1) is 5.41 Å². The van der Waals surface area contributed by atoms with Crippen molar-refractivity contribution in [3.63, 3.8) is 0 Å². The van der Waals surface area contributed by atoms with E-state index in [1.54, 1.807) is 13.8 Å². The molecule has 1 aromatic carbocycles. The molecule has 0 saturated heterocycles. The molecule has 0 aliphatic heterocycles. The van der Waals surface area contributed by atoms with Crippen molar-refractivity contribution >= 4 is 5.97 Å². The van der Waals surface area contributed by atoms with Gasteiger partial charge in [-0.3, -0.25) is 4.79 Å². The van der Waals surface area contributed by atoms with Crippen LogP contribution in [0.1, 0.15) is 37.8 Å². The van der Waals surface area contributed by atoms with E-state index in [0.717, 1.165) is 19.5 Å². The Morgan fingerprint density at radius 3 is 2.63 bits per heavy atom. The Morgan fingerprint density at radius 1 is 1.37 bits per heavy atom. The molecule has 0 spiro atoms. The second-order valence-electron chi connectivity index (χ2n) is 6.02. The van der Waals surface area contributed by atoms with Crippen LogP contribution in [-0.2, 0) is 11.3 Å². The third-order valence-electron chi connectivity index (χ3n) is 3.46. The first kappa shape index (κ1) is 15.7. The fourth-order valence-electron chi connectivity index (χ4n) is 2.10. The standard InChI is InChI=1S/C16H25NO2/c1-13-7-5-8-14(11-13)12-17(4)10-6-9-16(2,3)15(18)19/h5,7-8,11H,6,9-10,12H2,1-4H3,(H,18,19). The average Bonchev–Trinajstić information content (AvgIpc) is 2.28. The molecule has 0 atom stereocenters. The van der Waals surface area contributed by atoms with E-state index in [1.807, 2.05) is 0 Å². The number of hydrogen-bond donors (Lipinski definition) is 1. The van der Waals surface area contributed by atoms with Crippen LogP contribution in [0, 0.1) is 12.3 Å². The van der Waals surface area contributed by atoms with Crippen molar-refractivity contribution in [2.24, 2.45) is 5.41 Å². The largest absolute Gasteiger partial charge is 0.481 e. The van der Waals surface area contributed by atoms with Crippen LogP contribution < -0.4 is 0 Å². The van der Waals surface area contributed by atoms with Crippen molar-refractivity contribution in [3.05, 3.63) is 35.4 Å². The number of hydrogen-bond acceptors (Lipinski definition) is 2. The van der Waals surface area contributed by atoms with Gasteiger partial charge in [0.2, 0.25) is 0 Å². The zero-order chi connectivity index (χ0) is 14.5. The smallest absolute Gasteiger partial charge is 0.309 e. The van der Waals surface area contributed by atoms with E-state index < -0.39 is 11.4 Å². The van der Waals surface area contributed by atoms with E-state index in [-0.39, 0.29) is 0 Å². The molecule has 0 radical (unpaired) electrons. The number of aliphatic carboxylic acids is 1. The van der Waals surface area contributed by atoms with Crippen LogP contribution in [0.15, 0.2) is 24.3 Å². The highest BCUT2D eigenvalue weighted by molar-refractivity contribution is 5.73. The van der Waals surface area contributed by atoms with Gasteiger partial charge in [0.1, 0.15) is 0 Å². The molecule has 1 N–H and O–H groups in total. The summed E-state index contributed by atoms with van der Waals surface area (Å²) < 4.78 is 0. The fraction of sp³-hybridized carbons (Fsp3) is 0.562. The quantitative estimate of drug-likeness (QED) is 0.820. The number of rotatable bonds is 7. The van der Waals surface area contributed by atoms with E-state index in [0.29, 0.717) is 6.42 Å². The molecule has 0 fully saturated rings. The van der Waals surface area contributed by atoms with Gasteiger partial charge in [-0.2, -0.15) is 0 Å². The molecule has 0 aromatic heterocycles. The Bertz CT molecular complexity index is 427. The van der Waals surface area contributed by atoms with Gasteiger partial charge in [-0.1, -0.05) is 29.8 Å². The Morgan fingerprint density at radius 2 is 2.05 bits per heavy atom.